The van der Waals surface area contributed by atoms with E-state index in [4.69, 9.17) is 18.4 Å². The summed E-state index contributed by atoms with van der Waals surface area (Å²) in [6.07, 6.45) is 0. The molecule has 0 heterocycles. The molecule has 0 aromatic heterocycles. The average molecular weight is 262 g/mol. The second kappa shape index (κ2) is 16.7. The molecule has 1 rings (SSSR count). The largest absolute Gasteiger partial charge is 0.760 e. The molecule has 0 spiro atoms. The van der Waals surface area contributed by atoms with Crippen LogP contribution in [-0.2, 0) is 16.1 Å². The van der Waals surface area contributed by atoms with Crippen molar-refractivity contribution in [2.45, 2.75) is 6.92 Å². The summed E-state index contributed by atoms with van der Waals surface area (Å²) >= 11 is -2.36. The number of benzene rings is 1. The van der Waals surface area contributed by atoms with Gasteiger partial charge in [0, 0.05) is 11.3 Å². The van der Waals surface area contributed by atoms with Gasteiger partial charge in [0.1, 0.15) is 6.79 Å². The summed E-state index contributed by atoms with van der Waals surface area (Å²) in [5.74, 6) is 0. The summed E-state index contributed by atoms with van der Waals surface area (Å²) in [7, 11) is 0. The van der Waals surface area contributed by atoms with Crippen molar-refractivity contribution in [2.75, 3.05) is 0 Å². The van der Waals surface area contributed by atoms with Crippen molar-refractivity contribution in [2.24, 2.45) is 16.6 Å². The summed E-state index contributed by atoms with van der Waals surface area (Å²) in [6, 6.07) is 9.43. The minimum Gasteiger partial charge on any atom is -0.760 e. The maximum absolute atomic E-state index is 9.00. The van der Waals surface area contributed by atoms with Crippen molar-refractivity contribution in [3.63, 3.8) is 0 Å². The van der Waals surface area contributed by atoms with Crippen LogP contribution in [0.15, 0.2) is 30.3 Å². The second-order valence-corrected chi connectivity index (χ2v) is 2.84. The number of amides is 2. The summed E-state index contributed by atoms with van der Waals surface area (Å²) in [4.78, 5) is 17.0. The van der Waals surface area contributed by atoms with Gasteiger partial charge in [0.2, 0.25) is 0 Å². The predicted octanol–water partition coefficient (Wildman–Crippen LogP) is -0.427. The highest BCUT2D eigenvalue weighted by Gasteiger charge is 1.72. The van der Waals surface area contributed by atoms with Crippen LogP contribution < -0.4 is 16.6 Å². The van der Waals surface area contributed by atoms with Crippen molar-refractivity contribution in [3.8, 4) is 0 Å². The number of nitrogens with two attached hydrogens (primary N) is 3. The second-order valence-electron chi connectivity index (χ2n) is 2.32. The number of hydrogen-bond donors (Lipinski definition) is 3. The third kappa shape index (κ3) is 54.8. The van der Waals surface area contributed by atoms with Crippen LogP contribution >= 0.6 is 0 Å². The molecule has 0 saturated carbocycles. The van der Waals surface area contributed by atoms with Gasteiger partial charge < -0.3 is 20.8 Å². The van der Waals surface area contributed by atoms with Gasteiger partial charge in [0.25, 0.3) is 0 Å². The molecule has 0 saturated heterocycles. The minimum absolute atomic E-state index is 0.833. The lowest BCUT2D eigenvalue weighted by Crippen LogP contribution is -2.18. The van der Waals surface area contributed by atoms with E-state index in [0.717, 1.165) is 0 Å². The van der Waals surface area contributed by atoms with E-state index in [-0.39, 0.29) is 0 Å². The first-order valence-corrected chi connectivity index (χ1v) is 5.19. The molecular formula is C9H16N3O4S-. The van der Waals surface area contributed by atoms with Gasteiger partial charge in [-0.15, -0.1) is 0 Å². The topological polar surface area (TPSA) is 152 Å². The van der Waals surface area contributed by atoms with Gasteiger partial charge in [-0.25, -0.2) is 4.79 Å². The molecule has 7 nitrogen and oxygen atoms in total. The van der Waals surface area contributed by atoms with E-state index >= 15 is 0 Å². The average Bonchev–Trinajstić information content (AvgIpc) is 2.20. The van der Waals surface area contributed by atoms with Gasteiger partial charge in [-0.3, -0.25) is 9.35 Å². The van der Waals surface area contributed by atoms with Crippen molar-refractivity contribution in [1.82, 2.24) is 0 Å². The SMILES string of the molecule is C=O.Cc1ccccc1.NC(N)=O.NS(=O)[O-]. The van der Waals surface area contributed by atoms with Crippen molar-refractivity contribution < 1.29 is 18.4 Å². The molecule has 0 aliphatic carbocycles. The molecule has 1 aromatic carbocycles. The standard InChI is InChI=1S/C7H8.CH4N2O.CH2O.H3NO2S/c1-7-5-3-2-4-6-7;2-1(3)4;1-2;1-4(2)3/h2-6H,1H3;(H4,2,3,4);1H2;1H2,(H,2,3)/p-1. The Morgan fingerprint density at radius 3 is 1.59 bits per heavy atom. The Labute approximate surface area is 102 Å². The predicted molar refractivity (Wildman–Crippen MR) is 65.2 cm³/mol. The molecule has 2 amide bonds. The number of carbonyl (C=O) groups excluding carboxylic acids is 2. The van der Waals surface area contributed by atoms with Gasteiger partial charge in [-0.2, -0.15) is 0 Å². The van der Waals surface area contributed by atoms with Crippen LogP contribution in [0, 0.1) is 6.92 Å². The van der Waals surface area contributed by atoms with Gasteiger partial charge in [-0.1, -0.05) is 35.9 Å². The number of hydrogen-bond acceptors (Lipinski definition) is 4. The lowest BCUT2D eigenvalue weighted by Gasteiger charge is -1.85. The van der Waals surface area contributed by atoms with Crippen LogP contribution in [0.3, 0.4) is 0 Å². The number of aryl methyl sites for hydroxylation is 1. The zero-order valence-corrected chi connectivity index (χ0v) is 10.2. The molecule has 0 fully saturated rings. The summed E-state index contributed by atoms with van der Waals surface area (Å²) in [5.41, 5.74) is 9.82. The smallest absolute Gasteiger partial charge is 0.309 e. The molecule has 1 aromatic rings. The van der Waals surface area contributed by atoms with E-state index in [1.165, 1.54) is 5.56 Å². The molecule has 1 atom stereocenters. The van der Waals surface area contributed by atoms with E-state index in [2.05, 4.69) is 35.7 Å². The van der Waals surface area contributed by atoms with E-state index in [1.54, 1.807) is 0 Å². The first kappa shape index (κ1) is 20.6. The van der Waals surface area contributed by atoms with Crippen LogP contribution in [-0.4, -0.2) is 21.6 Å². The molecule has 0 aliphatic rings. The van der Waals surface area contributed by atoms with Gasteiger partial charge in [-0.05, 0) is 6.92 Å². The van der Waals surface area contributed by atoms with E-state index in [9.17, 15) is 0 Å². The van der Waals surface area contributed by atoms with Crippen molar-refractivity contribution in [1.29, 1.82) is 0 Å². The molecule has 98 valence electrons. The van der Waals surface area contributed by atoms with Crippen LogP contribution in [0.4, 0.5) is 4.79 Å². The Hall–Kier alpha value is -1.77. The van der Waals surface area contributed by atoms with Gasteiger partial charge >= 0.3 is 6.03 Å². The minimum atomic E-state index is -2.36. The molecule has 0 radical (unpaired) electrons. The molecule has 6 N–H and O–H groups in total. The van der Waals surface area contributed by atoms with E-state index < -0.39 is 17.3 Å². The van der Waals surface area contributed by atoms with Gasteiger partial charge in [0.05, 0.1) is 0 Å². The first-order chi connectivity index (χ1) is 7.86. The highest BCUT2D eigenvalue weighted by Crippen LogP contribution is 1.92. The number of carbonyl (C=O) groups is 2. The molecule has 1 unspecified atom stereocenters. The highest BCUT2D eigenvalue weighted by atomic mass is 32.2. The normalized spacial score (nSPS) is 8.88. The fourth-order valence-electron chi connectivity index (χ4n) is 0.534. The Bertz CT molecular complexity index is 288. The monoisotopic (exact) mass is 262 g/mol. The number of primary amides is 2. The third-order valence-corrected chi connectivity index (χ3v) is 0.940. The lowest BCUT2D eigenvalue weighted by molar-refractivity contribution is -0.0980. The van der Waals surface area contributed by atoms with Crippen molar-refractivity contribution in [3.05, 3.63) is 35.9 Å². The fourth-order valence-corrected chi connectivity index (χ4v) is 0.534. The van der Waals surface area contributed by atoms with Crippen LogP contribution in [0.5, 0.6) is 0 Å². The maximum Gasteiger partial charge on any atom is 0.309 e. The molecule has 0 bridgehead atoms. The van der Waals surface area contributed by atoms with Crippen LogP contribution in [0.25, 0.3) is 0 Å². The summed E-state index contributed by atoms with van der Waals surface area (Å²) in [6.45, 7) is 4.08. The fraction of sp³-hybridized carbons (Fsp3) is 0.111. The zero-order chi connectivity index (χ0) is 14.3. The summed E-state index contributed by atoms with van der Waals surface area (Å²) in [5, 5.41) is 4.03. The number of rotatable bonds is 0. The maximum atomic E-state index is 9.00. The molecule has 8 heteroatoms. The Balaban J connectivity index is -0.000000172. The van der Waals surface area contributed by atoms with Crippen LogP contribution in [0.2, 0.25) is 0 Å². The Morgan fingerprint density at radius 2 is 1.47 bits per heavy atom. The lowest BCUT2D eigenvalue weighted by atomic mass is 10.2. The van der Waals surface area contributed by atoms with Crippen molar-refractivity contribution >= 4 is 24.1 Å². The number of urea groups is 1. The van der Waals surface area contributed by atoms with Gasteiger partial charge in [0.15, 0.2) is 0 Å². The third-order valence-electron chi connectivity index (χ3n) is 0.940. The first-order valence-electron chi connectivity index (χ1n) is 4.05. The van der Waals surface area contributed by atoms with E-state index in [1.807, 2.05) is 25.0 Å². The molecule has 0 aliphatic heterocycles. The highest BCUT2D eigenvalue weighted by molar-refractivity contribution is 7.76. The van der Waals surface area contributed by atoms with Crippen LogP contribution in [0.1, 0.15) is 5.56 Å². The quantitative estimate of drug-likeness (QED) is 0.543. The summed E-state index contributed by atoms with van der Waals surface area (Å²) < 4.78 is 17.6. The van der Waals surface area contributed by atoms with E-state index in [0.29, 0.717) is 0 Å². The Kier molecular flexibility index (Phi) is 20.2. The molecular weight excluding hydrogens is 246 g/mol. The molecule has 17 heavy (non-hydrogen) atoms. The zero-order valence-electron chi connectivity index (χ0n) is 9.37. The Morgan fingerprint density at radius 1 is 1.24 bits per heavy atom.